The number of aromatic nitrogens is 2. The topological polar surface area (TPSA) is 75.2 Å². The molecule has 2 rings (SSSR count). The summed E-state index contributed by atoms with van der Waals surface area (Å²) in [5.41, 5.74) is 0. The number of nitrogens with zero attached hydrogens (tertiary/aromatic N) is 3. The van der Waals surface area contributed by atoms with Gasteiger partial charge in [0.2, 0.25) is 10.0 Å². The van der Waals surface area contributed by atoms with E-state index in [-0.39, 0.29) is 0 Å². The maximum Gasteiger partial charge on any atom is 0.208 e. The second-order valence-electron chi connectivity index (χ2n) is 4.77. The minimum Gasteiger partial charge on any atom is -0.356 e. The van der Waals surface area contributed by atoms with Gasteiger partial charge < -0.3 is 4.90 Å². The van der Waals surface area contributed by atoms with Crippen molar-refractivity contribution in [2.45, 2.75) is 12.8 Å². The summed E-state index contributed by atoms with van der Waals surface area (Å²) in [5.74, 6) is 1.20. The zero-order chi connectivity index (χ0) is 13.9. The van der Waals surface area contributed by atoms with Crippen molar-refractivity contribution in [1.82, 2.24) is 14.7 Å². The molecule has 1 aromatic heterocycles. The van der Waals surface area contributed by atoms with E-state index in [2.05, 4.69) is 35.5 Å². The average molecular weight is 349 g/mol. The van der Waals surface area contributed by atoms with Crippen molar-refractivity contribution in [3.05, 3.63) is 17.0 Å². The predicted octanol–water partition coefficient (Wildman–Crippen LogP) is 1.00. The standard InChI is InChI=1S/C11H17BrN4O2S/c1-19(17,18)15-6-9-3-2-4-16(7-9)11-5-10(12)13-8-14-11/h5,8-9,15H,2-4,6-7H2,1H3. The molecule has 0 spiro atoms. The molecule has 1 fully saturated rings. The smallest absolute Gasteiger partial charge is 0.208 e. The first kappa shape index (κ1) is 14.7. The molecule has 1 aromatic rings. The van der Waals surface area contributed by atoms with Crippen LogP contribution in [-0.4, -0.2) is 44.3 Å². The van der Waals surface area contributed by atoms with Gasteiger partial charge in [-0.2, -0.15) is 0 Å². The Morgan fingerprint density at radius 1 is 1.53 bits per heavy atom. The lowest BCUT2D eigenvalue weighted by molar-refractivity contribution is 0.409. The summed E-state index contributed by atoms with van der Waals surface area (Å²) in [5, 5.41) is 0. The fourth-order valence-electron chi connectivity index (χ4n) is 2.21. The summed E-state index contributed by atoms with van der Waals surface area (Å²) in [7, 11) is -3.11. The van der Waals surface area contributed by atoms with E-state index in [0.717, 1.165) is 36.4 Å². The van der Waals surface area contributed by atoms with Gasteiger partial charge in [-0.05, 0) is 34.7 Å². The van der Waals surface area contributed by atoms with Gasteiger partial charge >= 0.3 is 0 Å². The highest BCUT2D eigenvalue weighted by Crippen LogP contribution is 2.22. The second-order valence-corrected chi connectivity index (χ2v) is 7.42. The number of rotatable bonds is 4. The molecule has 2 heterocycles. The van der Waals surface area contributed by atoms with Crippen LogP contribution in [0.3, 0.4) is 0 Å². The molecule has 6 nitrogen and oxygen atoms in total. The van der Waals surface area contributed by atoms with Crippen LogP contribution in [-0.2, 0) is 10.0 Å². The Bertz CT molecular complexity index is 537. The van der Waals surface area contributed by atoms with Crippen LogP contribution in [0.15, 0.2) is 17.0 Å². The predicted molar refractivity (Wildman–Crippen MR) is 77.5 cm³/mol. The Balaban J connectivity index is 1.97. The Labute approximate surface area is 121 Å². The fraction of sp³-hybridized carbons (Fsp3) is 0.636. The van der Waals surface area contributed by atoms with Crippen LogP contribution in [0.2, 0.25) is 0 Å². The zero-order valence-electron chi connectivity index (χ0n) is 10.7. The lowest BCUT2D eigenvalue weighted by Gasteiger charge is -2.33. The van der Waals surface area contributed by atoms with E-state index in [9.17, 15) is 8.42 Å². The average Bonchev–Trinajstić information content (AvgIpc) is 2.36. The molecule has 0 amide bonds. The number of nitrogens with one attached hydrogen (secondary N) is 1. The summed E-state index contributed by atoms with van der Waals surface area (Å²) in [6.07, 6.45) is 4.79. The molecule has 1 aliphatic heterocycles. The SMILES string of the molecule is CS(=O)(=O)NCC1CCCN(c2cc(Br)ncn2)C1. The van der Waals surface area contributed by atoms with E-state index in [1.54, 1.807) is 0 Å². The number of anilines is 1. The highest BCUT2D eigenvalue weighted by molar-refractivity contribution is 9.10. The highest BCUT2D eigenvalue weighted by Gasteiger charge is 2.21. The molecule has 0 aromatic carbocycles. The third-order valence-electron chi connectivity index (χ3n) is 3.10. The van der Waals surface area contributed by atoms with Gasteiger partial charge in [0.1, 0.15) is 16.7 Å². The summed E-state index contributed by atoms with van der Waals surface area (Å²) in [6, 6.07) is 1.88. The number of piperidine rings is 1. The van der Waals surface area contributed by atoms with E-state index >= 15 is 0 Å². The van der Waals surface area contributed by atoms with Crippen molar-refractivity contribution in [2.24, 2.45) is 5.92 Å². The van der Waals surface area contributed by atoms with Gasteiger partial charge in [-0.3, -0.25) is 0 Å². The first-order valence-corrected chi connectivity index (χ1v) is 8.79. The molecule has 0 bridgehead atoms. The Hall–Kier alpha value is -0.730. The quantitative estimate of drug-likeness (QED) is 0.821. The first-order valence-electron chi connectivity index (χ1n) is 6.11. The minimum atomic E-state index is -3.11. The molecule has 1 atom stereocenters. The van der Waals surface area contributed by atoms with E-state index in [1.165, 1.54) is 12.6 Å². The van der Waals surface area contributed by atoms with Crippen LogP contribution < -0.4 is 9.62 Å². The molecule has 0 aliphatic carbocycles. The molecule has 8 heteroatoms. The number of sulfonamides is 1. The summed E-state index contributed by atoms with van der Waals surface area (Å²) < 4.78 is 25.6. The highest BCUT2D eigenvalue weighted by atomic mass is 79.9. The van der Waals surface area contributed by atoms with Crippen LogP contribution in [0.4, 0.5) is 5.82 Å². The minimum absolute atomic E-state index is 0.317. The van der Waals surface area contributed by atoms with Gasteiger partial charge in [-0.25, -0.2) is 23.1 Å². The van der Waals surface area contributed by atoms with E-state index < -0.39 is 10.0 Å². The van der Waals surface area contributed by atoms with E-state index in [1.807, 2.05) is 6.07 Å². The lowest BCUT2D eigenvalue weighted by Crippen LogP contribution is -2.41. The van der Waals surface area contributed by atoms with Crippen LogP contribution in [0.1, 0.15) is 12.8 Å². The molecule has 0 saturated carbocycles. The summed E-state index contributed by atoms with van der Waals surface area (Å²) in [4.78, 5) is 10.4. The van der Waals surface area contributed by atoms with E-state index in [4.69, 9.17) is 0 Å². The van der Waals surface area contributed by atoms with Crippen molar-refractivity contribution in [3.8, 4) is 0 Å². The summed E-state index contributed by atoms with van der Waals surface area (Å²) in [6.45, 7) is 2.24. The van der Waals surface area contributed by atoms with Gasteiger partial charge in [0, 0.05) is 25.7 Å². The van der Waals surface area contributed by atoms with Crippen LogP contribution >= 0.6 is 15.9 Å². The second kappa shape index (κ2) is 6.15. The van der Waals surface area contributed by atoms with Gasteiger partial charge in [-0.1, -0.05) is 0 Å². The molecular weight excluding hydrogens is 332 g/mol. The van der Waals surface area contributed by atoms with Crippen molar-refractivity contribution in [2.75, 3.05) is 30.8 Å². The van der Waals surface area contributed by atoms with Crippen LogP contribution in [0.5, 0.6) is 0 Å². The molecular formula is C11H17BrN4O2S. The van der Waals surface area contributed by atoms with Crippen molar-refractivity contribution < 1.29 is 8.42 Å². The third kappa shape index (κ3) is 4.70. The molecule has 1 unspecified atom stereocenters. The Morgan fingerprint density at radius 3 is 3.00 bits per heavy atom. The van der Waals surface area contributed by atoms with E-state index in [0.29, 0.717) is 12.5 Å². The van der Waals surface area contributed by atoms with Gasteiger partial charge in [0.15, 0.2) is 0 Å². The molecule has 19 heavy (non-hydrogen) atoms. The third-order valence-corrected chi connectivity index (χ3v) is 4.22. The lowest BCUT2D eigenvalue weighted by atomic mass is 9.98. The fourth-order valence-corrected chi connectivity index (χ4v) is 3.04. The molecule has 1 saturated heterocycles. The van der Waals surface area contributed by atoms with Gasteiger partial charge in [0.25, 0.3) is 0 Å². The normalized spacial score (nSPS) is 20.5. The Kier molecular flexibility index (Phi) is 4.75. The van der Waals surface area contributed by atoms with Crippen LogP contribution in [0.25, 0.3) is 0 Å². The maximum absolute atomic E-state index is 11.1. The van der Waals surface area contributed by atoms with Gasteiger partial charge in [-0.15, -0.1) is 0 Å². The van der Waals surface area contributed by atoms with Crippen LogP contribution in [0, 0.1) is 5.92 Å². The van der Waals surface area contributed by atoms with Crippen molar-refractivity contribution in [1.29, 1.82) is 0 Å². The van der Waals surface area contributed by atoms with Crippen molar-refractivity contribution in [3.63, 3.8) is 0 Å². The number of hydrogen-bond donors (Lipinski definition) is 1. The van der Waals surface area contributed by atoms with Crippen molar-refractivity contribution >= 4 is 31.8 Å². The first-order chi connectivity index (χ1) is 8.94. The largest absolute Gasteiger partial charge is 0.356 e. The summed E-state index contributed by atoms with van der Waals surface area (Å²) >= 11 is 3.33. The zero-order valence-corrected chi connectivity index (χ0v) is 13.1. The molecule has 1 N–H and O–H groups in total. The number of halogens is 1. The molecule has 0 radical (unpaired) electrons. The van der Waals surface area contributed by atoms with Gasteiger partial charge in [0.05, 0.1) is 6.26 Å². The molecule has 1 aliphatic rings. The maximum atomic E-state index is 11.1. The molecule has 106 valence electrons. The number of hydrogen-bond acceptors (Lipinski definition) is 5. The Morgan fingerprint density at radius 2 is 2.32 bits per heavy atom. The monoisotopic (exact) mass is 348 g/mol.